The number of pyridine rings is 1. The lowest BCUT2D eigenvalue weighted by Crippen LogP contribution is -2.50. The molecule has 0 radical (unpaired) electrons. The molecule has 1 aliphatic rings. The van der Waals surface area contributed by atoms with Crippen molar-refractivity contribution in [3.05, 3.63) is 101 Å². The molecule has 13 heteroatoms. The lowest BCUT2D eigenvalue weighted by Gasteiger charge is -2.26. The molecule has 10 nitrogen and oxygen atoms in total. The average molecular weight is 625 g/mol. The van der Waals surface area contributed by atoms with Crippen LogP contribution in [0.4, 0.5) is 26.2 Å². The van der Waals surface area contributed by atoms with Crippen molar-refractivity contribution >= 4 is 34.3 Å². The Morgan fingerprint density at radius 3 is 2.48 bits per heavy atom. The summed E-state index contributed by atoms with van der Waals surface area (Å²) in [4.78, 5) is 17.5. The number of nitrogens with zero attached hydrogens (tertiary/aromatic N) is 3. The largest absolute Gasteiger partial charge is 0.363 e. The number of benzene rings is 2. The molecular weight excluding hydrogens is 588 g/mol. The van der Waals surface area contributed by atoms with Gasteiger partial charge in [-0.25, -0.2) is 17.7 Å². The van der Waals surface area contributed by atoms with Crippen molar-refractivity contribution in [2.45, 2.75) is 44.7 Å². The lowest BCUT2D eigenvalue weighted by molar-refractivity contribution is -0.771. The van der Waals surface area contributed by atoms with Gasteiger partial charge in [0, 0.05) is 42.2 Å². The number of quaternary nitrogens is 1. The van der Waals surface area contributed by atoms with Gasteiger partial charge in [0.1, 0.15) is 11.6 Å². The summed E-state index contributed by atoms with van der Waals surface area (Å²) in [5.41, 5.74) is 3.06. The van der Waals surface area contributed by atoms with Crippen LogP contribution in [0.1, 0.15) is 54.1 Å². The second-order valence-corrected chi connectivity index (χ2v) is 12.8. The number of aromatic amines is 1. The van der Waals surface area contributed by atoms with Crippen LogP contribution in [0.2, 0.25) is 0 Å². The molecule has 1 aliphatic carbocycles. The zero-order valence-electron chi connectivity index (χ0n) is 24.5. The third-order valence-electron chi connectivity index (χ3n) is 7.72. The summed E-state index contributed by atoms with van der Waals surface area (Å²) in [5.74, 6) is -0.434. The molecule has 2 heterocycles. The minimum Gasteiger partial charge on any atom is -0.363 e. The summed E-state index contributed by atoms with van der Waals surface area (Å²) in [6, 6.07) is 18.2. The van der Waals surface area contributed by atoms with Gasteiger partial charge in [-0.1, -0.05) is 42.5 Å². The summed E-state index contributed by atoms with van der Waals surface area (Å²) in [6.45, 7) is 1.65. The second kappa shape index (κ2) is 13.5. The van der Waals surface area contributed by atoms with Gasteiger partial charge in [0.25, 0.3) is 16.8 Å². The highest BCUT2D eigenvalue weighted by Crippen LogP contribution is 2.39. The molecule has 1 fully saturated rings. The minimum atomic E-state index is -2.97. The van der Waals surface area contributed by atoms with E-state index in [1.54, 1.807) is 12.1 Å². The quantitative estimate of drug-likeness (QED) is 0.102. The first-order valence-electron chi connectivity index (χ1n) is 14.4. The Hall–Kier alpha value is -4.36. The van der Waals surface area contributed by atoms with Crippen LogP contribution >= 0.6 is 0 Å². The van der Waals surface area contributed by atoms with E-state index in [2.05, 4.69) is 31.1 Å². The Morgan fingerprint density at radius 2 is 1.80 bits per heavy atom. The van der Waals surface area contributed by atoms with Crippen LogP contribution < -0.4 is 16.0 Å². The fourth-order valence-electron chi connectivity index (χ4n) is 4.83. The highest BCUT2D eigenvalue weighted by molar-refractivity contribution is 7.66. The van der Waals surface area contributed by atoms with Crippen molar-refractivity contribution in [3.8, 4) is 0 Å². The summed E-state index contributed by atoms with van der Waals surface area (Å²) in [5, 5.41) is 16.1. The number of halogens is 2. The van der Waals surface area contributed by atoms with Crippen molar-refractivity contribution in [1.29, 1.82) is 0 Å². The molecule has 0 spiro atoms. The highest BCUT2D eigenvalue weighted by Gasteiger charge is 2.29. The van der Waals surface area contributed by atoms with Gasteiger partial charge in [-0.2, -0.15) is 13.5 Å². The highest BCUT2D eigenvalue weighted by atomic mass is 32.2. The van der Waals surface area contributed by atoms with Gasteiger partial charge in [-0.15, -0.1) is 0 Å². The van der Waals surface area contributed by atoms with Gasteiger partial charge in [0.05, 0.1) is 13.6 Å². The van der Waals surface area contributed by atoms with Gasteiger partial charge in [0.2, 0.25) is 0 Å². The Kier molecular flexibility index (Phi) is 9.55. The maximum atomic E-state index is 15.3. The summed E-state index contributed by atoms with van der Waals surface area (Å²) >= 11 is 0. The number of amides is 1. The molecule has 4 N–H and O–H groups in total. The number of hydrogen-bond acceptors (Lipinski definition) is 7. The zero-order valence-corrected chi connectivity index (χ0v) is 25.4. The molecule has 232 valence electrons. The van der Waals surface area contributed by atoms with E-state index in [0.29, 0.717) is 29.5 Å². The molecular formula is C31H36F2N7O3S+. The fourth-order valence-corrected chi connectivity index (χ4v) is 5.34. The first kappa shape index (κ1) is 31.1. The van der Waals surface area contributed by atoms with E-state index in [4.69, 9.17) is 0 Å². The van der Waals surface area contributed by atoms with Crippen LogP contribution in [0, 0.1) is 11.6 Å². The normalized spacial score (nSPS) is 15.0. The van der Waals surface area contributed by atoms with Crippen molar-refractivity contribution < 1.29 is 25.9 Å². The topological polar surface area (TPSA) is 129 Å². The number of likely N-dealkylation sites (N-methyl/N-ethyl adjacent to an activating group) is 1. The molecule has 2 aromatic heterocycles. The maximum Gasteiger partial charge on any atom is 0.287 e. The van der Waals surface area contributed by atoms with Crippen LogP contribution in [0.15, 0.2) is 66.7 Å². The van der Waals surface area contributed by atoms with Crippen LogP contribution in [0.3, 0.4) is 0 Å². The van der Waals surface area contributed by atoms with Gasteiger partial charge < -0.3 is 16.0 Å². The van der Waals surface area contributed by atoms with Crippen molar-refractivity contribution in [2.24, 2.45) is 0 Å². The number of hydrogen-bond donors (Lipinski definition) is 5. The minimum absolute atomic E-state index is 0.0590. The Bertz CT molecular complexity index is 1670. The number of rotatable bonds is 14. The number of thiol groups is 1. The van der Waals surface area contributed by atoms with Gasteiger partial charge in [-0.05, 0) is 49.1 Å². The van der Waals surface area contributed by atoms with Gasteiger partial charge >= 0.3 is 0 Å². The summed E-state index contributed by atoms with van der Waals surface area (Å²) < 4.78 is 52.7. The van der Waals surface area contributed by atoms with Crippen LogP contribution in [0.5, 0.6) is 0 Å². The Morgan fingerprint density at radius 1 is 1.07 bits per heavy atom. The molecule has 2 atom stereocenters. The number of nitrogens with one attached hydrogen (secondary N) is 4. The molecule has 5 rings (SSSR count). The maximum absolute atomic E-state index is 15.3. The molecule has 0 saturated heterocycles. The third kappa shape index (κ3) is 7.97. The van der Waals surface area contributed by atoms with E-state index < -0.39 is 26.5 Å². The van der Waals surface area contributed by atoms with E-state index in [1.807, 2.05) is 43.3 Å². The van der Waals surface area contributed by atoms with E-state index in [9.17, 15) is 17.6 Å². The number of carbonyl (C=O) groups excluding carboxylic acids is 1. The molecule has 0 aliphatic heterocycles. The number of H-pyrrole nitrogens is 1. The number of aromatic nitrogens is 3. The fraction of sp³-hybridized carbons (Fsp3) is 0.323. The predicted molar refractivity (Wildman–Crippen MR) is 165 cm³/mol. The first-order valence-corrected chi connectivity index (χ1v) is 15.6. The van der Waals surface area contributed by atoms with E-state index in [1.165, 1.54) is 25.2 Å². The Labute approximate surface area is 256 Å². The molecule has 4 aromatic rings. The van der Waals surface area contributed by atoms with Crippen LogP contribution in [-0.2, 0) is 28.7 Å². The molecule has 1 amide bonds. The second-order valence-electron chi connectivity index (χ2n) is 11.3. The summed E-state index contributed by atoms with van der Waals surface area (Å²) in [6.07, 6.45) is 2.64. The average Bonchev–Trinajstić information content (AvgIpc) is 3.75. The number of anilines is 3. The van der Waals surface area contributed by atoms with Gasteiger partial charge in [0.15, 0.2) is 24.0 Å². The van der Waals surface area contributed by atoms with Crippen LogP contribution in [-0.4, -0.2) is 53.5 Å². The molecule has 2 aromatic carbocycles. The third-order valence-corrected chi connectivity index (χ3v) is 8.85. The molecule has 1 unspecified atom stereocenters. The van der Waals surface area contributed by atoms with Crippen LogP contribution in [0.25, 0.3) is 0 Å². The smallest absolute Gasteiger partial charge is 0.287 e. The zero-order chi connectivity index (χ0) is 31.3. The predicted octanol–water partition coefficient (Wildman–Crippen LogP) is 4.71. The SMILES string of the molecule is CC(Nc1nc(Nc2cc(C3CC3)[nH]n2)c(F)cc1CNC(=O)C[N@+](C)(CCc1ccccc1)[SH](=O)=O)c1ccc(F)cc1. The van der Waals surface area contributed by atoms with Crippen molar-refractivity contribution in [2.75, 3.05) is 30.8 Å². The van der Waals surface area contributed by atoms with E-state index >= 15 is 4.39 Å². The van der Waals surface area contributed by atoms with E-state index in [0.717, 1.165) is 29.7 Å². The van der Waals surface area contributed by atoms with Gasteiger partial charge in [-0.3, -0.25) is 9.89 Å². The van der Waals surface area contributed by atoms with Crippen molar-refractivity contribution in [3.63, 3.8) is 0 Å². The standard InChI is InChI=1S/C31H35F2N7O3S/c1-20(22-10-12-25(32)13-11-22)35-30-24(16-26(33)31(37-30)36-28-17-27(38-39-28)23-8-9-23)18-34-29(41)19-40(2,44(42)43)15-14-21-6-4-3-5-7-21/h3-7,10-13,16-17,20,23,44H,8-9,14-15,18-19H2,1-2H3,(H3-,34,35,36,37,38,39,41)/p+1/t20?,40-/m0/s1. The van der Waals surface area contributed by atoms with E-state index in [-0.39, 0.29) is 37.3 Å². The number of carbonyl (C=O) groups is 1. The Balaban J connectivity index is 1.32. The monoisotopic (exact) mass is 624 g/mol. The summed E-state index contributed by atoms with van der Waals surface area (Å²) in [7, 11) is -1.47. The first-order chi connectivity index (χ1) is 21.1. The lowest BCUT2D eigenvalue weighted by atomic mass is 10.1. The van der Waals surface area contributed by atoms with Crippen molar-refractivity contribution in [1.82, 2.24) is 20.5 Å². The molecule has 44 heavy (non-hydrogen) atoms. The molecule has 1 saturated carbocycles. The molecule has 0 bridgehead atoms.